The number of amidine groups is 1. The van der Waals surface area contributed by atoms with Crippen LogP contribution in [-0.4, -0.2) is 35.6 Å². The van der Waals surface area contributed by atoms with E-state index in [1.165, 1.54) is 6.07 Å². The number of carbonyl (C=O) groups excluding carboxylic acids is 2. The molecule has 0 aliphatic carbocycles. The molecule has 8 heteroatoms. The molecule has 3 aromatic rings. The summed E-state index contributed by atoms with van der Waals surface area (Å²) in [6.07, 6.45) is 1.10. The molecule has 162 valence electrons. The van der Waals surface area contributed by atoms with Crippen molar-refractivity contribution in [1.29, 1.82) is 5.41 Å². The standard InChI is InChI=1S/C24H20Cl2N4O2/c25-17-6-9-19(10-7-17)28-24(32)20-14-18(26)8-11-21(20)29-23(31)16-4-2-15(3-5-16)22(27)30-12-1-13-30/h2-11,14,27H,1,12-13H2,(H,28,32)(H,29,31). The van der Waals surface area contributed by atoms with Gasteiger partial charge in [-0.15, -0.1) is 0 Å². The van der Waals surface area contributed by atoms with Crippen LogP contribution in [0.25, 0.3) is 0 Å². The maximum Gasteiger partial charge on any atom is 0.257 e. The lowest BCUT2D eigenvalue weighted by Gasteiger charge is -2.33. The van der Waals surface area contributed by atoms with Crippen molar-refractivity contribution in [2.75, 3.05) is 23.7 Å². The predicted molar refractivity (Wildman–Crippen MR) is 128 cm³/mol. The van der Waals surface area contributed by atoms with Gasteiger partial charge in [-0.2, -0.15) is 0 Å². The molecule has 0 unspecified atom stereocenters. The molecular formula is C24H20Cl2N4O2. The van der Waals surface area contributed by atoms with E-state index in [9.17, 15) is 9.59 Å². The highest BCUT2D eigenvalue weighted by atomic mass is 35.5. The number of nitrogens with zero attached hydrogens (tertiary/aromatic N) is 1. The van der Waals surface area contributed by atoms with Crippen molar-refractivity contribution < 1.29 is 9.59 Å². The third-order valence-electron chi connectivity index (χ3n) is 5.17. The number of amides is 2. The van der Waals surface area contributed by atoms with E-state index in [4.69, 9.17) is 28.6 Å². The minimum atomic E-state index is -0.413. The Balaban J connectivity index is 1.49. The average Bonchev–Trinajstić information content (AvgIpc) is 2.75. The SMILES string of the molecule is N=C(c1ccc(C(=O)Nc2ccc(Cl)cc2C(=O)Nc2ccc(Cl)cc2)cc1)N1CCC1. The van der Waals surface area contributed by atoms with E-state index in [-0.39, 0.29) is 11.5 Å². The molecule has 1 heterocycles. The minimum absolute atomic E-state index is 0.233. The van der Waals surface area contributed by atoms with Crippen LogP contribution in [0.4, 0.5) is 11.4 Å². The molecule has 1 fully saturated rings. The Morgan fingerprint density at radius 3 is 2.03 bits per heavy atom. The first kappa shape index (κ1) is 21.9. The van der Waals surface area contributed by atoms with E-state index in [0.29, 0.717) is 32.8 Å². The highest BCUT2D eigenvalue weighted by Crippen LogP contribution is 2.24. The van der Waals surface area contributed by atoms with E-state index >= 15 is 0 Å². The Hall–Kier alpha value is -3.35. The van der Waals surface area contributed by atoms with E-state index in [2.05, 4.69) is 10.6 Å². The van der Waals surface area contributed by atoms with Gasteiger partial charge >= 0.3 is 0 Å². The molecule has 4 rings (SSSR count). The summed E-state index contributed by atoms with van der Waals surface area (Å²) in [5.41, 5.74) is 2.32. The lowest BCUT2D eigenvalue weighted by Crippen LogP contribution is -2.42. The Bertz CT molecular complexity index is 1170. The van der Waals surface area contributed by atoms with Crippen LogP contribution < -0.4 is 10.6 Å². The molecule has 6 nitrogen and oxygen atoms in total. The predicted octanol–water partition coefficient (Wildman–Crippen LogP) is 5.53. The van der Waals surface area contributed by atoms with Gasteiger partial charge in [0.15, 0.2) is 0 Å². The molecule has 1 aliphatic heterocycles. The monoisotopic (exact) mass is 466 g/mol. The van der Waals surface area contributed by atoms with Crippen molar-refractivity contribution in [3.05, 3.63) is 93.5 Å². The summed E-state index contributed by atoms with van der Waals surface area (Å²) >= 11 is 12.0. The zero-order valence-electron chi connectivity index (χ0n) is 17.0. The molecule has 1 saturated heterocycles. The van der Waals surface area contributed by atoms with Gasteiger partial charge in [-0.1, -0.05) is 35.3 Å². The number of hydrogen-bond acceptors (Lipinski definition) is 3. The van der Waals surface area contributed by atoms with Gasteiger partial charge in [0.25, 0.3) is 11.8 Å². The number of carbonyl (C=O) groups is 2. The summed E-state index contributed by atoms with van der Waals surface area (Å²) < 4.78 is 0. The van der Waals surface area contributed by atoms with Gasteiger partial charge in [-0.3, -0.25) is 15.0 Å². The van der Waals surface area contributed by atoms with Gasteiger partial charge in [-0.25, -0.2) is 0 Å². The van der Waals surface area contributed by atoms with Gasteiger partial charge in [-0.05, 0) is 61.0 Å². The largest absolute Gasteiger partial charge is 0.356 e. The summed E-state index contributed by atoms with van der Waals surface area (Å²) in [6.45, 7) is 1.77. The Morgan fingerprint density at radius 1 is 0.781 bits per heavy atom. The van der Waals surface area contributed by atoms with Crippen molar-refractivity contribution in [3.8, 4) is 0 Å². The van der Waals surface area contributed by atoms with Crippen molar-refractivity contribution >= 4 is 52.2 Å². The van der Waals surface area contributed by atoms with Crippen LogP contribution in [0, 0.1) is 5.41 Å². The van der Waals surface area contributed by atoms with Crippen molar-refractivity contribution in [3.63, 3.8) is 0 Å². The first-order valence-electron chi connectivity index (χ1n) is 10.0. The first-order valence-corrected chi connectivity index (χ1v) is 10.8. The van der Waals surface area contributed by atoms with Crippen LogP contribution in [0.1, 0.15) is 32.7 Å². The summed E-state index contributed by atoms with van der Waals surface area (Å²) in [5.74, 6) is -0.319. The van der Waals surface area contributed by atoms with Gasteiger partial charge in [0, 0.05) is 39.9 Å². The summed E-state index contributed by atoms with van der Waals surface area (Å²) in [6, 6.07) is 18.2. The Kier molecular flexibility index (Phi) is 6.44. The highest BCUT2D eigenvalue weighted by molar-refractivity contribution is 6.31. The molecule has 1 aliphatic rings. The number of rotatable bonds is 5. The number of hydrogen-bond donors (Lipinski definition) is 3. The van der Waals surface area contributed by atoms with Gasteiger partial charge in [0.05, 0.1) is 11.3 Å². The maximum atomic E-state index is 12.8. The molecule has 32 heavy (non-hydrogen) atoms. The Morgan fingerprint density at radius 2 is 1.41 bits per heavy atom. The normalized spacial score (nSPS) is 12.6. The zero-order chi connectivity index (χ0) is 22.7. The highest BCUT2D eigenvalue weighted by Gasteiger charge is 2.19. The van der Waals surface area contributed by atoms with Crippen LogP contribution in [0.3, 0.4) is 0 Å². The van der Waals surface area contributed by atoms with Crippen LogP contribution >= 0.6 is 23.2 Å². The molecule has 3 aromatic carbocycles. The number of likely N-dealkylation sites (tertiary alicyclic amines) is 1. The van der Waals surface area contributed by atoms with Crippen LogP contribution in [0.5, 0.6) is 0 Å². The summed E-state index contributed by atoms with van der Waals surface area (Å²) in [4.78, 5) is 27.6. The number of halogens is 2. The molecular weight excluding hydrogens is 447 g/mol. The van der Waals surface area contributed by atoms with Crippen molar-refractivity contribution in [1.82, 2.24) is 4.90 Å². The Labute approximate surface area is 195 Å². The van der Waals surface area contributed by atoms with Gasteiger partial charge in [0.2, 0.25) is 0 Å². The first-order chi connectivity index (χ1) is 15.4. The number of nitrogens with one attached hydrogen (secondary N) is 3. The van der Waals surface area contributed by atoms with Gasteiger partial charge < -0.3 is 15.5 Å². The molecule has 0 bridgehead atoms. The maximum absolute atomic E-state index is 12.8. The third kappa shape index (κ3) is 4.93. The number of benzene rings is 3. The molecule has 0 radical (unpaired) electrons. The van der Waals surface area contributed by atoms with E-state index < -0.39 is 5.91 Å². The lowest BCUT2D eigenvalue weighted by molar-refractivity contribution is 0.102. The fraction of sp³-hybridized carbons (Fsp3) is 0.125. The van der Waals surface area contributed by atoms with Crippen LogP contribution in [0.2, 0.25) is 10.0 Å². The second-order valence-electron chi connectivity index (χ2n) is 7.37. The summed E-state index contributed by atoms with van der Waals surface area (Å²) in [7, 11) is 0. The van der Waals surface area contributed by atoms with Crippen molar-refractivity contribution in [2.45, 2.75) is 6.42 Å². The molecule has 0 spiro atoms. The molecule has 0 saturated carbocycles. The minimum Gasteiger partial charge on any atom is -0.356 e. The second kappa shape index (κ2) is 9.42. The number of anilines is 2. The fourth-order valence-electron chi connectivity index (χ4n) is 3.24. The lowest BCUT2D eigenvalue weighted by atomic mass is 10.1. The van der Waals surface area contributed by atoms with E-state index in [0.717, 1.165) is 25.1 Å². The second-order valence-corrected chi connectivity index (χ2v) is 8.24. The van der Waals surface area contributed by atoms with E-state index in [1.54, 1.807) is 60.7 Å². The topological polar surface area (TPSA) is 85.3 Å². The fourth-order valence-corrected chi connectivity index (χ4v) is 3.54. The average molecular weight is 467 g/mol. The van der Waals surface area contributed by atoms with Crippen molar-refractivity contribution in [2.24, 2.45) is 0 Å². The molecule has 2 amide bonds. The van der Waals surface area contributed by atoms with Crippen LogP contribution in [-0.2, 0) is 0 Å². The quantitative estimate of drug-likeness (QED) is 0.341. The molecule has 0 aromatic heterocycles. The molecule has 3 N–H and O–H groups in total. The van der Waals surface area contributed by atoms with E-state index in [1.807, 2.05) is 4.90 Å². The smallest absolute Gasteiger partial charge is 0.257 e. The third-order valence-corrected chi connectivity index (χ3v) is 5.66. The molecule has 0 atom stereocenters. The summed E-state index contributed by atoms with van der Waals surface area (Å²) in [5, 5.41) is 14.7. The van der Waals surface area contributed by atoms with Gasteiger partial charge in [0.1, 0.15) is 5.84 Å². The zero-order valence-corrected chi connectivity index (χ0v) is 18.5. The van der Waals surface area contributed by atoms with Crippen LogP contribution in [0.15, 0.2) is 66.7 Å².